The zero-order valence-electron chi connectivity index (χ0n) is 10.7. The molecule has 4 heteroatoms. The van der Waals surface area contributed by atoms with Crippen LogP contribution in [0.4, 0.5) is 0 Å². The average molecular weight is 239 g/mol. The minimum atomic E-state index is 0.352. The first-order valence-electron chi connectivity index (χ1n) is 7.02. The van der Waals surface area contributed by atoms with Gasteiger partial charge in [-0.2, -0.15) is 0 Å². The maximum absolute atomic E-state index is 12.1. The van der Waals surface area contributed by atoms with E-state index in [1.54, 1.807) is 0 Å². The molecule has 0 unspecified atom stereocenters. The molecule has 2 rings (SSSR count). The zero-order chi connectivity index (χ0) is 12.1. The van der Waals surface area contributed by atoms with Crippen molar-refractivity contribution in [3.63, 3.8) is 0 Å². The topological polar surface area (TPSA) is 49.6 Å². The minimum Gasteiger partial charge on any atom is -0.341 e. The second kappa shape index (κ2) is 6.36. The summed E-state index contributed by atoms with van der Waals surface area (Å²) in [6.45, 7) is 5.87. The zero-order valence-corrected chi connectivity index (χ0v) is 10.7. The number of amides is 1. The first-order chi connectivity index (χ1) is 8.31. The van der Waals surface area contributed by atoms with Gasteiger partial charge in [0.2, 0.25) is 5.91 Å². The van der Waals surface area contributed by atoms with Gasteiger partial charge in [-0.25, -0.2) is 0 Å². The molecule has 1 saturated carbocycles. The molecule has 0 atom stereocenters. The molecular formula is C13H25N3O. The van der Waals surface area contributed by atoms with Crippen LogP contribution >= 0.6 is 0 Å². The molecule has 17 heavy (non-hydrogen) atoms. The second-order valence-corrected chi connectivity index (χ2v) is 5.29. The third-order valence-corrected chi connectivity index (χ3v) is 4.03. The quantitative estimate of drug-likeness (QED) is 0.784. The van der Waals surface area contributed by atoms with E-state index in [1.165, 1.54) is 6.42 Å². The predicted octanol–water partition coefficient (Wildman–Crippen LogP) is 0.670. The summed E-state index contributed by atoms with van der Waals surface area (Å²) >= 11 is 0. The predicted molar refractivity (Wildman–Crippen MR) is 68.6 cm³/mol. The first kappa shape index (κ1) is 12.8. The van der Waals surface area contributed by atoms with Crippen molar-refractivity contribution in [1.82, 2.24) is 9.80 Å². The molecular weight excluding hydrogens is 214 g/mol. The molecule has 2 fully saturated rings. The van der Waals surface area contributed by atoms with E-state index in [0.717, 1.165) is 65.0 Å². The SMILES string of the molecule is NCCCN1CCCN(C(=O)C2CCC2)CC1. The van der Waals surface area contributed by atoms with Gasteiger partial charge >= 0.3 is 0 Å². The fourth-order valence-electron chi connectivity index (χ4n) is 2.64. The van der Waals surface area contributed by atoms with Crippen LogP contribution in [0.5, 0.6) is 0 Å². The Balaban J connectivity index is 1.76. The van der Waals surface area contributed by atoms with Gasteiger partial charge < -0.3 is 15.5 Å². The standard InChI is InChI=1S/C13H25N3O/c14-6-2-7-15-8-3-9-16(11-10-15)13(17)12-4-1-5-12/h12H,1-11,14H2. The van der Waals surface area contributed by atoms with Crippen molar-refractivity contribution in [3.8, 4) is 0 Å². The molecule has 0 radical (unpaired) electrons. The van der Waals surface area contributed by atoms with Crippen LogP contribution in [0.15, 0.2) is 0 Å². The third-order valence-electron chi connectivity index (χ3n) is 4.03. The summed E-state index contributed by atoms with van der Waals surface area (Å²) < 4.78 is 0. The molecule has 4 nitrogen and oxygen atoms in total. The van der Waals surface area contributed by atoms with Gasteiger partial charge in [0.15, 0.2) is 0 Å². The monoisotopic (exact) mass is 239 g/mol. The fourth-order valence-corrected chi connectivity index (χ4v) is 2.64. The summed E-state index contributed by atoms with van der Waals surface area (Å²) in [5.41, 5.74) is 5.53. The molecule has 1 heterocycles. The molecule has 1 amide bonds. The van der Waals surface area contributed by atoms with Crippen molar-refractivity contribution >= 4 is 5.91 Å². The third kappa shape index (κ3) is 3.42. The van der Waals surface area contributed by atoms with Crippen molar-refractivity contribution in [2.45, 2.75) is 32.1 Å². The molecule has 1 saturated heterocycles. The molecule has 2 N–H and O–H groups in total. The van der Waals surface area contributed by atoms with Gasteiger partial charge in [0, 0.05) is 25.6 Å². The lowest BCUT2D eigenvalue weighted by Crippen LogP contribution is -2.41. The number of nitrogens with two attached hydrogens (primary N) is 1. The summed E-state index contributed by atoms with van der Waals surface area (Å²) in [6.07, 6.45) is 5.66. The van der Waals surface area contributed by atoms with Crippen LogP contribution in [-0.4, -0.2) is 55.0 Å². The largest absolute Gasteiger partial charge is 0.341 e. The highest BCUT2D eigenvalue weighted by atomic mass is 16.2. The molecule has 98 valence electrons. The summed E-state index contributed by atoms with van der Waals surface area (Å²) in [4.78, 5) is 16.7. The highest BCUT2D eigenvalue weighted by Gasteiger charge is 2.30. The molecule has 0 aromatic heterocycles. The average Bonchev–Trinajstić information content (AvgIpc) is 2.49. The lowest BCUT2D eigenvalue weighted by atomic mass is 9.84. The Morgan fingerprint density at radius 3 is 2.59 bits per heavy atom. The van der Waals surface area contributed by atoms with E-state index >= 15 is 0 Å². The molecule has 2 aliphatic rings. The van der Waals surface area contributed by atoms with Crippen LogP contribution in [-0.2, 0) is 4.79 Å². The van der Waals surface area contributed by atoms with Gasteiger partial charge in [-0.3, -0.25) is 4.79 Å². The molecule has 0 spiro atoms. The van der Waals surface area contributed by atoms with Crippen molar-refractivity contribution in [2.24, 2.45) is 11.7 Å². The van der Waals surface area contributed by atoms with Gasteiger partial charge in [-0.05, 0) is 45.3 Å². The highest BCUT2D eigenvalue weighted by molar-refractivity contribution is 5.79. The van der Waals surface area contributed by atoms with E-state index in [9.17, 15) is 4.79 Å². The van der Waals surface area contributed by atoms with Crippen molar-refractivity contribution in [1.29, 1.82) is 0 Å². The normalized spacial score (nSPS) is 23.2. The number of rotatable bonds is 4. The summed E-state index contributed by atoms with van der Waals surface area (Å²) in [5, 5.41) is 0. The Morgan fingerprint density at radius 2 is 1.94 bits per heavy atom. The maximum Gasteiger partial charge on any atom is 0.225 e. The Labute approximate surface area is 104 Å². The molecule has 1 aliphatic heterocycles. The van der Waals surface area contributed by atoms with Crippen molar-refractivity contribution in [3.05, 3.63) is 0 Å². The number of hydrogen-bond acceptors (Lipinski definition) is 3. The Bertz CT molecular complexity index is 253. The Morgan fingerprint density at radius 1 is 1.12 bits per heavy atom. The van der Waals surface area contributed by atoms with Gasteiger partial charge in [-0.15, -0.1) is 0 Å². The molecule has 1 aliphatic carbocycles. The van der Waals surface area contributed by atoms with E-state index in [-0.39, 0.29) is 0 Å². The summed E-state index contributed by atoms with van der Waals surface area (Å²) in [5.74, 6) is 0.766. The summed E-state index contributed by atoms with van der Waals surface area (Å²) in [7, 11) is 0. The molecule has 0 bridgehead atoms. The first-order valence-corrected chi connectivity index (χ1v) is 7.02. The Kier molecular flexibility index (Phi) is 4.80. The van der Waals surface area contributed by atoms with E-state index < -0.39 is 0 Å². The van der Waals surface area contributed by atoms with E-state index in [4.69, 9.17) is 5.73 Å². The van der Waals surface area contributed by atoms with Gasteiger partial charge in [0.05, 0.1) is 0 Å². The lowest BCUT2D eigenvalue weighted by Gasteiger charge is -2.31. The van der Waals surface area contributed by atoms with Crippen molar-refractivity contribution in [2.75, 3.05) is 39.3 Å². The number of carbonyl (C=O) groups excluding carboxylic acids is 1. The summed E-state index contributed by atoms with van der Waals surface area (Å²) in [6, 6.07) is 0. The second-order valence-electron chi connectivity index (χ2n) is 5.29. The molecule has 0 aromatic rings. The van der Waals surface area contributed by atoms with Crippen LogP contribution in [0.1, 0.15) is 32.1 Å². The fraction of sp³-hybridized carbons (Fsp3) is 0.923. The molecule has 0 aromatic carbocycles. The van der Waals surface area contributed by atoms with Crippen LogP contribution in [0.3, 0.4) is 0 Å². The number of carbonyl (C=O) groups is 1. The van der Waals surface area contributed by atoms with Crippen LogP contribution in [0.2, 0.25) is 0 Å². The lowest BCUT2D eigenvalue weighted by molar-refractivity contribution is -0.138. The van der Waals surface area contributed by atoms with Crippen LogP contribution < -0.4 is 5.73 Å². The van der Waals surface area contributed by atoms with E-state index in [2.05, 4.69) is 9.80 Å². The number of nitrogens with zero attached hydrogens (tertiary/aromatic N) is 2. The Hall–Kier alpha value is -0.610. The van der Waals surface area contributed by atoms with Gasteiger partial charge in [-0.1, -0.05) is 6.42 Å². The van der Waals surface area contributed by atoms with Gasteiger partial charge in [0.25, 0.3) is 0 Å². The smallest absolute Gasteiger partial charge is 0.225 e. The van der Waals surface area contributed by atoms with Crippen molar-refractivity contribution < 1.29 is 4.79 Å². The minimum absolute atomic E-state index is 0.352. The highest BCUT2D eigenvalue weighted by Crippen LogP contribution is 2.28. The van der Waals surface area contributed by atoms with E-state index in [1.807, 2.05) is 0 Å². The maximum atomic E-state index is 12.1. The van der Waals surface area contributed by atoms with E-state index in [0.29, 0.717) is 11.8 Å². The van der Waals surface area contributed by atoms with Crippen LogP contribution in [0.25, 0.3) is 0 Å². The number of hydrogen-bond donors (Lipinski definition) is 1. The van der Waals surface area contributed by atoms with Crippen LogP contribution in [0, 0.1) is 5.92 Å². The van der Waals surface area contributed by atoms with Gasteiger partial charge in [0.1, 0.15) is 0 Å².